The fourth-order valence-electron chi connectivity index (χ4n) is 4.36. The third kappa shape index (κ3) is 3.54. The van der Waals surface area contributed by atoms with E-state index in [1.807, 2.05) is 4.90 Å². The molecule has 26 heavy (non-hydrogen) atoms. The summed E-state index contributed by atoms with van der Waals surface area (Å²) in [4.78, 5) is 16.7. The second kappa shape index (κ2) is 7.63. The second-order valence-electron chi connectivity index (χ2n) is 7.63. The van der Waals surface area contributed by atoms with Crippen LogP contribution in [0.15, 0.2) is 48.5 Å². The summed E-state index contributed by atoms with van der Waals surface area (Å²) in [6.07, 6.45) is 5.31. The molecule has 0 radical (unpaired) electrons. The molecule has 3 nitrogen and oxygen atoms in total. The largest absolute Gasteiger partial charge is 0.312 e. The van der Waals surface area contributed by atoms with Crippen LogP contribution in [0.3, 0.4) is 0 Å². The van der Waals surface area contributed by atoms with E-state index in [1.54, 1.807) is 0 Å². The molecule has 0 spiro atoms. The van der Waals surface area contributed by atoms with Crippen molar-refractivity contribution in [3.8, 4) is 11.1 Å². The van der Waals surface area contributed by atoms with Crippen molar-refractivity contribution in [2.45, 2.75) is 45.1 Å². The summed E-state index contributed by atoms with van der Waals surface area (Å²) < 4.78 is 0. The molecule has 136 valence electrons. The van der Waals surface area contributed by atoms with Crippen molar-refractivity contribution in [1.29, 1.82) is 0 Å². The average Bonchev–Trinajstić information content (AvgIpc) is 3.28. The predicted octanol–water partition coefficient (Wildman–Crippen LogP) is 4.51. The molecule has 2 saturated heterocycles. The second-order valence-corrected chi connectivity index (χ2v) is 7.63. The minimum absolute atomic E-state index is 0.261. The Morgan fingerprint density at radius 1 is 1.04 bits per heavy atom. The number of benzene rings is 2. The summed E-state index contributed by atoms with van der Waals surface area (Å²) in [6.45, 7) is 5.50. The Kier molecular flexibility index (Phi) is 5.07. The molecule has 2 fully saturated rings. The molecule has 1 atom stereocenters. The van der Waals surface area contributed by atoms with Crippen molar-refractivity contribution in [2.24, 2.45) is 0 Å². The molecule has 2 aliphatic rings. The summed E-state index contributed by atoms with van der Waals surface area (Å²) >= 11 is 0. The molecular formula is C23H28N2O. The van der Waals surface area contributed by atoms with Gasteiger partial charge in [0.1, 0.15) is 0 Å². The van der Waals surface area contributed by atoms with Gasteiger partial charge in [0.15, 0.2) is 0 Å². The number of amides is 1. The minimum atomic E-state index is 0.261. The van der Waals surface area contributed by atoms with E-state index >= 15 is 0 Å². The van der Waals surface area contributed by atoms with Crippen molar-refractivity contribution in [1.82, 2.24) is 4.90 Å². The van der Waals surface area contributed by atoms with Gasteiger partial charge in [0, 0.05) is 31.2 Å². The number of anilines is 1. The Hall–Kier alpha value is -2.13. The quantitative estimate of drug-likeness (QED) is 0.794. The van der Waals surface area contributed by atoms with Crippen LogP contribution in [0.5, 0.6) is 0 Å². The van der Waals surface area contributed by atoms with Crippen LogP contribution in [0.4, 0.5) is 5.69 Å². The van der Waals surface area contributed by atoms with Crippen molar-refractivity contribution in [3.63, 3.8) is 0 Å². The highest BCUT2D eigenvalue weighted by Gasteiger charge is 2.23. The molecule has 2 aromatic rings. The molecule has 0 saturated carbocycles. The fraction of sp³-hybridized carbons (Fsp3) is 0.435. The van der Waals surface area contributed by atoms with E-state index < -0.39 is 0 Å². The summed E-state index contributed by atoms with van der Waals surface area (Å²) in [7, 11) is 0. The highest BCUT2D eigenvalue weighted by molar-refractivity contribution is 5.95. The Balaban J connectivity index is 1.63. The van der Waals surface area contributed by atoms with Gasteiger partial charge >= 0.3 is 0 Å². The number of rotatable bonds is 5. The van der Waals surface area contributed by atoms with Crippen LogP contribution < -0.4 is 4.90 Å². The van der Waals surface area contributed by atoms with Crippen molar-refractivity contribution in [2.75, 3.05) is 24.5 Å². The monoisotopic (exact) mass is 348 g/mol. The number of carbonyl (C=O) groups excluding carboxylic acids is 1. The lowest BCUT2D eigenvalue weighted by atomic mass is 9.96. The van der Waals surface area contributed by atoms with Gasteiger partial charge in [0.25, 0.3) is 0 Å². The van der Waals surface area contributed by atoms with Crippen molar-refractivity contribution in [3.05, 3.63) is 54.1 Å². The number of hydrogen-bond acceptors (Lipinski definition) is 2. The maximum absolute atomic E-state index is 12.2. The maximum atomic E-state index is 12.2. The lowest BCUT2D eigenvalue weighted by Crippen LogP contribution is -2.29. The van der Waals surface area contributed by atoms with Crippen molar-refractivity contribution >= 4 is 11.6 Å². The first-order valence-corrected chi connectivity index (χ1v) is 9.95. The fourth-order valence-corrected chi connectivity index (χ4v) is 4.36. The van der Waals surface area contributed by atoms with Gasteiger partial charge in [-0.3, -0.25) is 4.79 Å². The zero-order valence-electron chi connectivity index (χ0n) is 15.7. The highest BCUT2D eigenvalue weighted by atomic mass is 16.2. The number of likely N-dealkylation sites (tertiary alicyclic amines) is 1. The van der Waals surface area contributed by atoms with E-state index in [0.717, 1.165) is 31.6 Å². The summed E-state index contributed by atoms with van der Waals surface area (Å²) in [5.74, 6) is 0.261. The van der Waals surface area contributed by atoms with Gasteiger partial charge < -0.3 is 9.80 Å². The molecule has 0 N–H and O–H groups in total. The van der Waals surface area contributed by atoms with Crippen LogP contribution >= 0.6 is 0 Å². The molecule has 2 aromatic carbocycles. The van der Waals surface area contributed by atoms with E-state index in [4.69, 9.17) is 0 Å². The van der Waals surface area contributed by atoms with Gasteiger partial charge in [-0.1, -0.05) is 36.4 Å². The van der Waals surface area contributed by atoms with Crippen LogP contribution in [-0.2, 0) is 11.2 Å². The highest BCUT2D eigenvalue weighted by Crippen LogP contribution is 2.31. The SMILES string of the molecule is CC1CCCN1CCc1cc(N2CCCC2=O)ccc1-c1ccccc1. The summed E-state index contributed by atoms with van der Waals surface area (Å²) in [5.41, 5.74) is 4.98. The van der Waals surface area contributed by atoms with E-state index in [-0.39, 0.29) is 5.91 Å². The average molecular weight is 348 g/mol. The minimum Gasteiger partial charge on any atom is -0.312 e. The van der Waals surface area contributed by atoms with E-state index in [9.17, 15) is 4.79 Å². The van der Waals surface area contributed by atoms with Gasteiger partial charge in [-0.15, -0.1) is 0 Å². The molecule has 2 heterocycles. The standard InChI is InChI=1S/C23H28N2O/c1-18-7-5-14-24(18)16-13-20-17-21(25-15-6-10-23(25)26)11-12-22(20)19-8-3-2-4-9-19/h2-4,8-9,11-12,17-18H,5-7,10,13-16H2,1H3. The molecule has 0 aliphatic carbocycles. The van der Waals surface area contributed by atoms with Crippen LogP contribution in [0.2, 0.25) is 0 Å². The third-order valence-corrected chi connectivity index (χ3v) is 5.92. The van der Waals surface area contributed by atoms with Gasteiger partial charge in [0.05, 0.1) is 0 Å². The first kappa shape index (κ1) is 17.3. The molecule has 4 rings (SSSR count). The first-order valence-electron chi connectivity index (χ1n) is 9.95. The maximum Gasteiger partial charge on any atom is 0.227 e. The summed E-state index contributed by atoms with van der Waals surface area (Å²) in [6, 6.07) is 17.9. The molecule has 2 aliphatic heterocycles. The third-order valence-electron chi connectivity index (χ3n) is 5.92. The van der Waals surface area contributed by atoms with Gasteiger partial charge in [0.2, 0.25) is 5.91 Å². The molecule has 0 aromatic heterocycles. The first-order chi connectivity index (χ1) is 12.7. The lowest BCUT2D eigenvalue weighted by Gasteiger charge is -2.23. The number of hydrogen-bond donors (Lipinski definition) is 0. The number of nitrogens with zero attached hydrogens (tertiary/aromatic N) is 2. The number of carbonyl (C=O) groups is 1. The van der Waals surface area contributed by atoms with Crippen LogP contribution in [0.1, 0.15) is 38.2 Å². The van der Waals surface area contributed by atoms with Crippen LogP contribution in [0, 0.1) is 0 Å². The van der Waals surface area contributed by atoms with E-state index in [2.05, 4.69) is 60.4 Å². The van der Waals surface area contributed by atoms with Gasteiger partial charge in [-0.2, -0.15) is 0 Å². The Morgan fingerprint density at radius 3 is 2.58 bits per heavy atom. The Labute approximate surface area is 156 Å². The molecule has 1 unspecified atom stereocenters. The summed E-state index contributed by atoms with van der Waals surface area (Å²) in [5, 5.41) is 0. The lowest BCUT2D eigenvalue weighted by molar-refractivity contribution is -0.117. The zero-order valence-corrected chi connectivity index (χ0v) is 15.7. The molecule has 0 bridgehead atoms. The van der Waals surface area contributed by atoms with Crippen molar-refractivity contribution < 1.29 is 4.79 Å². The molecule has 1 amide bonds. The zero-order chi connectivity index (χ0) is 17.9. The van der Waals surface area contributed by atoms with E-state index in [0.29, 0.717) is 12.5 Å². The Bertz CT molecular complexity index is 771. The van der Waals surface area contributed by atoms with Gasteiger partial charge in [-0.05, 0) is 68.0 Å². The predicted molar refractivity (Wildman–Crippen MR) is 107 cm³/mol. The topological polar surface area (TPSA) is 23.6 Å². The Morgan fingerprint density at radius 2 is 1.88 bits per heavy atom. The van der Waals surface area contributed by atoms with Crippen LogP contribution in [0.25, 0.3) is 11.1 Å². The normalized spacial score (nSPS) is 20.9. The molecular weight excluding hydrogens is 320 g/mol. The van der Waals surface area contributed by atoms with Crippen LogP contribution in [-0.4, -0.2) is 36.5 Å². The smallest absolute Gasteiger partial charge is 0.227 e. The van der Waals surface area contributed by atoms with Gasteiger partial charge in [-0.25, -0.2) is 0 Å². The van der Waals surface area contributed by atoms with E-state index in [1.165, 1.54) is 36.1 Å². The molecule has 3 heteroatoms.